The van der Waals surface area contributed by atoms with E-state index in [-0.39, 0.29) is 17.6 Å². The van der Waals surface area contributed by atoms with Crippen molar-refractivity contribution in [2.45, 2.75) is 31.9 Å². The molecule has 0 fully saturated rings. The molecule has 0 saturated heterocycles. The van der Waals surface area contributed by atoms with Gasteiger partial charge in [0.1, 0.15) is 17.1 Å². The number of rotatable bonds is 4. The summed E-state index contributed by atoms with van der Waals surface area (Å²) in [6.07, 6.45) is 3.89. The topological polar surface area (TPSA) is 47.6 Å². The molecule has 26 heavy (non-hydrogen) atoms. The summed E-state index contributed by atoms with van der Waals surface area (Å²) in [5.74, 6) is 1.32. The summed E-state index contributed by atoms with van der Waals surface area (Å²) in [6, 6.07) is 12.9. The minimum absolute atomic E-state index is 0.160. The molecule has 0 unspecified atom stereocenters. The Morgan fingerprint density at radius 1 is 1.31 bits per heavy atom. The molecule has 0 spiro atoms. The molecule has 5 heteroatoms. The molecule has 3 rings (SSSR count). The highest BCUT2D eigenvalue weighted by molar-refractivity contribution is 6.32. The third-order valence-electron chi connectivity index (χ3n) is 4.31. The second-order valence-electron chi connectivity index (χ2n) is 6.89. The maximum atomic E-state index is 12.5. The van der Waals surface area contributed by atoms with Crippen molar-refractivity contribution in [1.29, 1.82) is 0 Å². The average molecular weight is 372 g/mol. The summed E-state index contributed by atoms with van der Waals surface area (Å²) in [4.78, 5) is 12.5. The van der Waals surface area contributed by atoms with Crippen molar-refractivity contribution in [2.24, 2.45) is 0 Å². The van der Waals surface area contributed by atoms with E-state index in [2.05, 4.69) is 5.32 Å². The number of carbonyl (C=O) groups is 1. The first-order valence-corrected chi connectivity index (χ1v) is 8.86. The van der Waals surface area contributed by atoms with Crippen LogP contribution in [0.25, 0.3) is 6.08 Å². The van der Waals surface area contributed by atoms with Gasteiger partial charge in [-0.25, -0.2) is 0 Å². The van der Waals surface area contributed by atoms with Crippen LogP contribution in [0, 0.1) is 0 Å². The highest BCUT2D eigenvalue weighted by atomic mass is 35.5. The number of nitrogens with one attached hydrogen (secondary N) is 1. The Bertz CT molecular complexity index is 845. The molecule has 0 radical (unpaired) electrons. The standard InChI is InChI=1S/C21H22ClNO3/c1-21(2)13-18(16-12-15(25-3)9-10-19(16)26-21)23-20(24)11-8-14-6-4-5-7-17(14)22/h4-12,18H,13H2,1-3H3,(H,23,24)/b11-8+/t18-/m0/s1. The molecule has 0 bridgehead atoms. The summed E-state index contributed by atoms with van der Waals surface area (Å²) in [7, 11) is 1.62. The molecule has 1 aliphatic heterocycles. The van der Waals surface area contributed by atoms with E-state index < -0.39 is 0 Å². The molecule has 0 aliphatic carbocycles. The fraction of sp³-hybridized carbons (Fsp3) is 0.286. The number of amides is 1. The van der Waals surface area contributed by atoms with Crippen LogP contribution in [0.2, 0.25) is 5.02 Å². The Morgan fingerprint density at radius 2 is 2.08 bits per heavy atom. The highest BCUT2D eigenvalue weighted by Gasteiger charge is 2.34. The van der Waals surface area contributed by atoms with E-state index in [1.165, 1.54) is 6.08 Å². The molecule has 136 valence electrons. The van der Waals surface area contributed by atoms with Gasteiger partial charge in [0.05, 0.1) is 13.2 Å². The van der Waals surface area contributed by atoms with Crippen LogP contribution in [0.3, 0.4) is 0 Å². The zero-order valence-electron chi connectivity index (χ0n) is 15.1. The van der Waals surface area contributed by atoms with Crippen molar-refractivity contribution >= 4 is 23.6 Å². The first-order chi connectivity index (χ1) is 12.4. The second-order valence-corrected chi connectivity index (χ2v) is 7.29. The summed E-state index contributed by atoms with van der Waals surface area (Å²) in [5.41, 5.74) is 1.35. The molecule has 1 N–H and O–H groups in total. The molecule has 0 saturated carbocycles. The quantitative estimate of drug-likeness (QED) is 0.787. The molecular weight excluding hydrogens is 350 g/mol. The van der Waals surface area contributed by atoms with E-state index in [1.54, 1.807) is 19.3 Å². The Hall–Kier alpha value is -2.46. The molecule has 1 heterocycles. The summed E-state index contributed by atoms with van der Waals surface area (Å²) in [6.45, 7) is 4.03. The Kier molecular flexibility index (Phi) is 5.23. The number of hydrogen-bond donors (Lipinski definition) is 1. The minimum atomic E-state index is -0.369. The molecule has 1 atom stereocenters. The maximum absolute atomic E-state index is 12.5. The number of methoxy groups -OCH3 is 1. The summed E-state index contributed by atoms with van der Waals surface area (Å²) < 4.78 is 11.3. The van der Waals surface area contributed by atoms with Crippen LogP contribution < -0.4 is 14.8 Å². The van der Waals surface area contributed by atoms with Crippen molar-refractivity contribution in [2.75, 3.05) is 7.11 Å². The van der Waals surface area contributed by atoms with E-state index in [4.69, 9.17) is 21.1 Å². The third kappa shape index (κ3) is 4.20. The molecular formula is C21H22ClNO3. The maximum Gasteiger partial charge on any atom is 0.244 e. The van der Waals surface area contributed by atoms with Gasteiger partial charge in [0.25, 0.3) is 0 Å². The SMILES string of the molecule is COc1ccc2c(c1)[C@@H](NC(=O)/C=C/c1ccccc1Cl)CC(C)(C)O2. The molecule has 2 aromatic rings. The molecule has 2 aromatic carbocycles. The van der Waals surface area contributed by atoms with Crippen molar-refractivity contribution in [3.63, 3.8) is 0 Å². The number of ether oxygens (including phenoxy) is 2. The van der Waals surface area contributed by atoms with Crippen molar-refractivity contribution in [3.05, 3.63) is 64.7 Å². The number of benzene rings is 2. The lowest BCUT2D eigenvalue weighted by Gasteiger charge is -2.37. The van der Waals surface area contributed by atoms with Crippen molar-refractivity contribution in [3.8, 4) is 11.5 Å². The van der Waals surface area contributed by atoms with Crippen LogP contribution in [0.15, 0.2) is 48.5 Å². The van der Waals surface area contributed by atoms with E-state index >= 15 is 0 Å². The zero-order valence-corrected chi connectivity index (χ0v) is 15.8. The largest absolute Gasteiger partial charge is 0.497 e. The van der Waals surface area contributed by atoms with Crippen molar-refractivity contribution in [1.82, 2.24) is 5.32 Å². The normalized spacial score (nSPS) is 18.1. The van der Waals surface area contributed by atoms with E-state index in [9.17, 15) is 4.79 Å². The van der Waals surface area contributed by atoms with Crippen LogP contribution in [0.5, 0.6) is 11.5 Å². The van der Waals surface area contributed by atoms with Gasteiger partial charge in [0, 0.05) is 23.1 Å². The molecule has 4 nitrogen and oxygen atoms in total. The number of fused-ring (bicyclic) bond motifs is 1. The second kappa shape index (κ2) is 7.42. The third-order valence-corrected chi connectivity index (χ3v) is 4.65. The predicted octanol–water partition coefficient (Wildman–Crippen LogP) is 4.78. The van der Waals surface area contributed by atoms with Gasteiger partial charge in [0.2, 0.25) is 5.91 Å². The lowest BCUT2D eigenvalue weighted by Crippen LogP contribution is -2.40. The molecule has 0 aromatic heterocycles. The Balaban J connectivity index is 1.80. The summed E-state index contributed by atoms with van der Waals surface area (Å²) >= 11 is 6.12. The summed E-state index contributed by atoms with van der Waals surface area (Å²) in [5, 5.41) is 3.68. The van der Waals surface area contributed by atoms with Crippen molar-refractivity contribution < 1.29 is 14.3 Å². The Morgan fingerprint density at radius 3 is 2.81 bits per heavy atom. The fourth-order valence-electron chi connectivity index (χ4n) is 3.08. The smallest absolute Gasteiger partial charge is 0.244 e. The van der Waals surface area contributed by atoms with Gasteiger partial charge in [-0.15, -0.1) is 0 Å². The van der Waals surface area contributed by atoms with Crippen LogP contribution in [0.4, 0.5) is 0 Å². The fourth-order valence-corrected chi connectivity index (χ4v) is 3.28. The Labute approximate surface area is 158 Å². The van der Waals surface area contributed by atoms with Crippen LogP contribution in [0.1, 0.15) is 37.4 Å². The van der Waals surface area contributed by atoms with Gasteiger partial charge in [-0.3, -0.25) is 4.79 Å². The van der Waals surface area contributed by atoms with Gasteiger partial charge >= 0.3 is 0 Å². The molecule has 1 aliphatic rings. The zero-order chi connectivity index (χ0) is 18.7. The van der Waals surface area contributed by atoms with Gasteiger partial charge in [0.15, 0.2) is 0 Å². The van der Waals surface area contributed by atoms with Crippen LogP contribution >= 0.6 is 11.6 Å². The van der Waals surface area contributed by atoms with E-state index in [0.29, 0.717) is 11.4 Å². The highest BCUT2D eigenvalue weighted by Crippen LogP contribution is 2.41. The number of carbonyl (C=O) groups excluding carboxylic acids is 1. The van der Waals surface area contributed by atoms with Gasteiger partial charge < -0.3 is 14.8 Å². The van der Waals surface area contributed by atoms with E-state index in [1.807, 2.05) is 50.2 Å². The first-order valence-electron chi connectivity index (χ1n) is 8.48. The first kappa shape index (κ1) is 18.3. The minimum Gasteiger partial charge on any atom is -0.497 e. The lowest BCUT2D eigenvalue weighted by atomic mass is 9.89. The van der Waals surface area contributed by atoms with E-state index in [0.717, 1.165) is 22.6 Å². The number of hydrogen-bond acceptors (Lipinski definition) is 3. The lowest BCUT2D eigenvalue weighted by molar-refractivity contribution is -0.117. The van der Waals surface area contributed by atoms with Crippen LogP contribution in [-0.4, -0.2) is 18.6 Å². The molecule has 1 amide bonds. The van der Waals surface area contributed by atoms with Gasteiger partial charge in [-0.05, 0) is 49.8 Å². The van der Waals surface area contributed by atoms with Gasteiger partial charge in [-0.1, -0.05) is 29.8 Å². The predicted molar refractivity (Wildman–Crippen MR) is 104 cm³/mol. The average Bonchev–Trinajstić information content (AvgIpc) is 2.60. The van der Waals surface area contributed by atoms with Crippen LogP contribution in [-0.2, 0) is 4.79 Å². The van der Waals surface area contributed by atoms with Gasteiger partial charge in [-0.2, -0.15) is 0 Å². The number of halogens is 1. The monoisotopic (exact) mass is 371 g/mol.